The Hall–Kier alpha value is -0.900. The van der Waals surface area contributed by atoms with Crippen LogP contribution in [0, 0.1) is 11.8 Å². The van der Waals surface area contributed by atoms with Gasteiger partial charge in [-0.05, 0) is 31.7 Å². The van der Waals surface area contributed by atoms with Crippen molar-refractivity contribution in [1.82, 2.24) is 15.5 Å². The molecule has 4 nitrogen and oxygen atoms in total. The first kappa shape index (κ1) is 8.41. The molecule has 2 fully saturated rings. The molecule has 1 aromatic heterocycles. The summed E-state index contributed by atoms with van der Waals surface area (Å²) in [6.07, 6.45) is 4.11. The topological polar surface area (TPSA) is 51.0 Å². The summed E-state index contributed by atoms with van der Waals surface area (Å²) < 4.78 is 5.60. The summed E-state index contributed by atoms with van der Waals surface area (Å²) in [6, 6.07) is 0. The van der Waals surface area contributed by atoms with E-state index in [9.17, 15) is 0 Å². The Balaban J connectivity index is 1.72. The zero-order chi connectivity index (χ0) is 9.54. The van der Waals surface area contributed by atoms with Crippen LogP contribution in [0.2, 0.25) is 0 Å². The van der Waals surface area contributed by atoms with Crippen molar-refractivity contribution in [2.45, 2.75) is 31.7 Å². The Bertz CT molecular complexity index is 326. The zero-order valence-electron chi connectivity index (χ0n) is 8.36. The molecule has 0 bridgehead atoms. The van der Waals surface area contributed by atoms with Gasteiger partial charge in [0.1, 0.15) is 0 Å². The average molecular weight is 193 g/mol. The van der Waals surface area contributed by atoms with Gasteiger partial charge in [-0.25, -0.2) is 0 Å². The zero-order valence-corrected chi connectivity index (χ0v) is 8.36. The first-order chi connectivity index (χ1) is 6.90. The molecule has 1 N–H and O–H groups in total. The van der Waals surface area contributed by atoms with Crippen molar-refractivity contribution in [3.05, 3.63) is 11.8 Å². The summed E-state index contributed by atoms with van der Waals surface area (Å²) in [5, 5.41) is 11.1. The number of hydrogen-bond donors (Lipinski definition) is 1. The van der Waals surface area contributed by atoms with E-state index in [1.54, 1.807) is 0 Å². The Morgan fingerprint density at radius 1 is 1.36 bits per heavy atom. The molecule has 14 heavy (non-hydrogen) atoms. The Kier molecular flexibility index (Phi) is 1.83. The van der Waals surface area contributed by atoms with Crippen molar-refractivity contribution >= 4 is 0 Å². The predicted molar refractivity (Wildman–Crippen MR) is 50.6 cm³/mol. The Morgan fingerprint density at radius 3 is 2.86 bits per heavy atom. The van der Waals surface area contributed by atoms with E-state index in [4.69, 9.17) is 4.42 Å². The highest BCUT2D eigenvalue weighted by molar-refractivity contribution is 5.15. The van der Waals surface area contributed by atoms with E-state index in [0.717, 1.165) is 17.7 Å². The van der Waals surface area contributed by atoms with Crippen molar-refractivity contribution in [3.8, 4) is 0 Å². The van der Waals surface area contributed by atoms with E-state index in [1.165, 1.54) is 19.3 Å². The maximum Gasteiger partial charge on any atom is 0.230 e. The van der Waals surface area contributed by atoms with Gasteiger partial charge in [0.25, 0.3) is 0 Å². The lowest BCUT2D eigenvalue weighted by atomic mass is 10.1. The molecule has 76 valence electrons. The lowest BCUT2D eigenvalue weighted by molar-refractivity contribution is 0.425. The summed E-state index contributed by atoms with van der Waals surface area (Å²) in [5.41, 5.74) is 0. The van der Waals surface area contributed by atoms with Gasteiger partial charge in [0.2, 0.25) is 11.8 Å². The van der Waals surface area contributed by atoms with Gasteiger partial charge in [0.05, 0.1) is 6.54 Å². The summed E-state index contributed by atoms with van der Waals surface area (Å²) in [5.74, 6) is 3.91. The minimum atomic E-state index is 0.599. The number of nitrogens with zero attached hydrogens (tertiary/aromatic N) is 2. The fourth-order valence-corrected chi connectivity index (χ4v) is 2.81. The molecule has 1 heterocycles. The van der Waals surface area contributed by atoms with Gasteiger partial charge >= 0.3 is 0 Å². The van der Waals surface area contributed by atoms with E-state index in [0.29, 0.717) is 18.4 Å². The Morgan fingerprint density at radius 2 is 2.14 bits per heavy atom. The molecule has 0 amide bonds. The molecule has 2 aliphatic carbocycles. The molecular formula is C10H15N3O. The molecule has 0 spiro atoms. The van der Waals surface area contributed by atoms with Crippen LogP contribution < -0.4 is 5.32 Å². The van der Waals surface area contributed by atoms with Crippen molar-refractivity contribution < 1.29 is 4.42 Å². The minimum Gasteiger partial charge on any atom is -0.424 e. The molecule has 4 heteroatoms. The molecule has 3 rings (SSSR count). The minimum absolute atomic E-state index is 0.599. The lowest BCUT2D eigenvalue weighted by Crippen LogP contribution is -2.04. The van der Waals surface area contributed by atoms with E-state index in [1.807, 2.05) is 7.05 Å². The van der Waals surface area contributed by atoms with Crippen LogP contribution in [0.1, 0.15) is 37.0 Å². The fraction of sp³-hybridized carbons (Fsp3) is 0.800. The van der Waals surface area contributed by atoms with Gasteiger partial charge in [0, 0.05) is 5.92 Å². The van der Waals surface area contributed by atoms with Gasteiger partial charge in [0.15, 0.2) is 0 Å². The van der Waals surface area contributed by atoms with Gasteiger partial charge in [-0.3, -0.25) is 0 Å². The molecule has 0 aliphatic heterocycles. The van der Waals surface area contributed by atoms with Crippen molar-refractivity contribution in [2.24, 2.45) is 11.8 Å². The van der Waals surface area contributed by atoms with E-state index in [2.05, 4.69) is 15.5 Å². The molecule has 0 aromatic carbocycles. The third-order valence-corrected chi connectivity index (χ3v) is 3.50. The van der Waals surface area contributed by atoms with Crippen molar-refractivity contribution in [2.75, 3.05) is 7.05 Å². The van der Waals surface area contributed by atoms with Gasteiger partial charge in [-0.1, -0.05) is 6.42 Å². The SMILES string of the molecule is CNCc1nnc(C2C3CCCC32)o1. The third-order valence-electron chi connectivity index (χ3n) is 3.50. The molecule has 2 atom stereocenters. The first-order valence-electron chi connectivity index (χ1n) is 5.37. The first-order valence-corrected chi connectivity index (χ1v) is 5.37. The second-order valence-corrected chi connectivity index (χ2v) is 4.35. The molecule has 2 saturated carbocycles. The van der Waals surface area contributed by atoms with Crippen LogP contribution in [0.25, 0.3) is 0 Å². The molecule has 1 aromatic rings. The highest BCUT2D eigenvalue weighted by Crippen LogP contribution is 2.62. The lowest BCUT2D eigenvalue weighted by Gasteiger charge is -1.95. The number of fused-ring (bicyclic) bond motifs is 1. The van der Waals surface area contributed by atoms with Gasteiger partial charge in [-0.2, -0.15) is 0 Å². The molecule has 2 aliphatic rings. The van der Waals surface area contributed by atoms with E-state index in [-0.39, 0.29) is 0 Å². The second kappa shape index (κ2) is 3.05. The monoisotopic (exact) mass is 193 g/mol. The quantitative estimate of drug-likeness (QED) is 0.786. The molecule has 0 saturated heterocycles. The maximum atomic E-state index is 5.60. The molecular weight excluding hydrogens is 178 g/mol. The van der Waals surface area contributed by atoms with Crippen LogP contribution in [0.4, 0.5) is 0 Å². The number of rotatable bonds is 3. The summed E-state index contributed by atoms with van der Waals surface area (Å²) in [6.45, 7) is 0.676. The maximum absolute atomic E-state index is 5.60. The fourth-order valence-electron chi connectivity index (χ4n) is 2.81. The van der Waals surface area contributed by atoms with Crippen LogP contribution >= 0.6 is 0 Å². The van der Waals surface area contributed by atoms with Crippen LogP contribution in [-0.2, 0) is 6.54 Å². The summed E-state index contributed by atoms with van der Waals surface area (Å²) >= 11 is 0. The van der Waals surface area contributed by atoms with Crippen LogP contribution in [0.3, 0.4) is 0 Å². The summed E-state index contributed by atoms with van der Waals surface area (Å²) in [4.78, 5) is 0. The number of hydrogen-bond acceptors (Lipinski definition) is 4. The highest BCUT2D eigenvalue weighted by Gasteiger charge is 2.56. The second-order valence-electron chi connectivity index (χ2n) is 4.35. The van der Waals surface area contributed by atoms with Crippen molar-refractivity contribution in [3.63, 3.8) is 0 Å². The average Bonchev–Trinajstić information content (AvgIpc) is 2.63. The summed E-state index contributed by atoms with van der Waals surface area (Å²) in [7, 11) is 1.88. The van der Waals surface area contributed by atoms with Crippen LogP contribution in [0.15, 0.2) is 4.42 Å². The number of nitrogens with one attached hydrogen (secondary N) is 1. The van der Waals surface area contributed by atoms with Crippen LogP contribution in [-0.4, -0.2) is 17.2 Å². The van der Waals surface area contributed by atoms with E-state index < -0.39 is 0 Å². The van der Waals surface area contributed by atoms with Crippen molar-refractivity contribution in [1.29, 1.82) is 0 Å². The molecule has 0 radical (unpaired) electrons. The largest absolute Gasteiger partial charge is 0.424 e. The molecule has 2 unspecified atom stereocenters. The third kappa shape index (κ3) is 1.17. The van der Waals surface area contributed by atoms with Crippen LogP contribution in [0.5, 0.6) is 0 Å². The van der Waals surface area contributed by atoms with E-state index >= 15 is 0 Å². The Labute approximate surface area is 83.1 Å². The normalized spacial score (nSPS) is 34.5. The number of aromatic nitrogens is 2. The highest BCUT2D eigenvalue weighted by atomic mass is 16.4. The van der Waals surface area contributed by atoms with Gasteiger partial charge < -0.3 is 9.73 Å². The van der Waals surface area contributed by atoms with Gasteiger partial charge in [-0.15, -0.1) is 10.2 Å². The standard InChI is InChI=1S/C10H15N3O/c1-11-5-8-12-13-10(14-8)9-6-3-2-4-7(6)9/h6-7,9,11H,2-5H2,1H3. The predicted octanol–water partition coefficient (Wildman–Crippen LogP) is 1.30. The smallest absolute Gasteiger partial charge is 0.230 e.